The van der Waals surface area contributed by atoms with Gasteiger partial charge in [0.1, 0.15) is 11.7 Å². The Labute approximate surface area is 114 Å². The number of carbonyl (C=O) groups is 1. The Morgan fingerprint density at radius 3 is 2.45 bits per heavy atom. The molecule has 0 aliphatic heterocycles. The van der Waals surface area contributed by atoms with E-state index >= 15 is 0 Å². The number of alkyl halides is 3. The molecule has 0 saturated carbocycles. The third-order valence-corrected chi connectivity index (χ3v) is 2.36. The number of nitrogens with one attached hydrogen (secondary N) is 1. The van der Waals surface area contributed by atoms with Crippen LogP contribution >= 0.6 is 0 Å². The van der Waals surface area contributed by atoms with Crippen LogP contribution < -0.4 is 5.32 Å². The van der Waals surface area contributed by atoms with Crippen molar-refractivity contribution in [2.45, 2.75) is 39.4 Å². The highest BCUT2D eigenvalue weighted by molar-refractivity contribution is 5.76. The van der Waals surface area contributed by atoms with Crippen LogP contribution in [-0.2, 0) is 11.0 Å². The van der Waals surface area contributed by atoms with Crippen LogP contribution in [0, 0.1) is 5.41 Å². The lowest BCUT2D eigenvalue weighted by Gasteiger charge is -2.24. The molecule has 1 heterocycles. The fourth-order valence-electron chi connectivity index (χ4n) is 1.55. The highest BCUT2D eigenvalue weighted by Crippen LogP contribution is 2.28. The molecule has 1 aromatic heterocycles. The zero-order valence-electron chi connectivity index (χ0n) is 11.3. The molecule has 0 aliphatic rings. The maximum atomic E-state index is 12.5. The number of aliphatic carboxylic acids is 1. The molecule has 112 valence electrons. The fourth-order valence-corrected chi connectivity index (χ4v) is 1.55. The molecule has 1 unspecified atom stereocenters. The molecule has 1 atom stereocenters. The Morgan fingerprint density at radius 1 is 1.40 bits per heavy atom. The Bertz CT molecular complexity index is 484. The first-order chi connectivity index (χ1) is 8.99. The van der Waals surface area contributed by atoms with Crippen molar-refractivity contribution >= 4 is 11.9 Å². The number of hydrogen-bond acceptors (Lipinski definition) is 4. The molecule has 0 fully saturated rings. The summed E-state index contributed by atoms with van der Waals surface area (Å²) in [7, 11) is 0. The van der Waals surface area contributed by atoms with E-state index in [0.717, 1.165) is 12.3 Å². The van der Waals surface area contributed by atoms with Crippen LogP contribution in [0.25, 0.3) is 0 Å². The number of hydrogen-bond donors (Lipinski definition) is 2. The highest BCUT2D eigenvalue weighted by atomic mass is 19.4. The zero-order chi connectivity index (χ0) is 15.6. The van der Waals surface area contributed by atoms with Gasteiger partial charge in [-0.15, -0.1) is 0 Å². The highest BCUT2D eigenvalue weighted by Gasteiger charge is 2.33. The molecule has 2 N–H and O–H groups in total. The Kier molecular flexibility index (Phi) is 4.57. The van der Waals surface area contributed by atoms with E-state index in [0.29, 0.717) is 0 Å². The first-order valence-electron chi connectivity index (χ1n) is 5.88. The van der Waals surface area contributed by atoms with E-state index < -0.39 is 23.9 Å². The number of anilines is 1. The normalized spacial score (nSPS) is 13.9. The predicted octanol–water partition coefficient (Wildman–Crippen LogP) is 2.80. The molecule has 8 heteroatoms. The molecule has 5 nitrogen and oxygen atoms in total. The molecule has 1 rings (SSSR count). The minimum atomic E-state index is -4.60. The first kappa shape index (κ1) is 16.2. The third-order valence-electron chi connectivity index (χ3n) is 2.36. The summed E-state index contributed by atoms with van der Waals surface area (Å²) in [5.41, 5.74) is -1.42. The number of halogens is 3. The van der Waals surface area contributed by atoms with Crippen LogP contribution in [0.5, 0.6) is 0 Å². The van der Waals surface area contributed by atoms with Crippen molar-refractivity contribution in [1.29, 1.82) is 0 Å². The number of rotatable bonds is 4. The monoisotopic (exact) mass is 291 g/mol. The van der Waals surface area contributed by atoms with E-state index in [4.69, 9.17) is 5.11 Å². The lowest BCUT2D eigenvalue weighted by atomic mass is 9.88. The van der Waals surface area contributed by atoms with Crippen LogP contribution in [0.4, 0.5) is 19.1 Å². The largest absolute Gasteiger partial charge is 0.480 e. The topological polar surface area (TPSA) is 75.1 Å². The summed E-state index contributed by atoms with van der Waals surface area (Å²) in [6.45, 7) is 5.49. The van der Waals surface area contributed by atoms with Gasteiger partial charge in [-0.1, -0.05) is 20.8 Å². The summed E-state index contributed by atoms with van der Waals surface area (Å²) in [6.07, 6.45) is -3.43. The van der Waals surface area contributed by atoms with Gasteiger partial charge >= 0.3 is 12.1 Å². The molecule has 0 bridgehead atoms. The zero-order valence-corrected chi connectivity index (χ0v) is 11.3. The number of nitrogens with zero attached hydrogens (tertiary/aromatic N) is 2. The van der Waals surface area contributed by atoms with Crippen molar-refractivity contribution in [3.8, 4) is 0 Å². The van der Waals surface area contributed by atoms with E-state index in [9.17, 15) is 18.0 Å². The summed E-state index contributed by atoms with van der Waals surface area (Å²) in [5.74, 6) is -1.52. The average molecular weight is 291 g/mol. The maximum absolute atomic E-state index is 12.5. The van der Waals surface area contributed by atoms with Gasteiger partial charge in [-0.2, -0.15) is 13.2 Å². The molecule has 0 aliphatic carbocycles. The van der Waals surface area contributed by atoms with E-state index in [1.807, 2.05) is 20.8 Å². The van der Waals surface area contributed by atoms with Crippen molar-refractivity contribution in [3.05, 3.63) is 18.0 Å². The lowest BCUT2D eigenvalue weighted by Crippen LogP contribution is -2.34. The number of carboxylic acids is 1. The number of aromatic nitrogens is 2. The molecule has 0 saturated heterocycles. The summed E-state index contributed by atoms with van der Waals surface area (Å²) >= 11 is 0. The smallest absolute Gasteiger partial charge is 0.433 e. The molecule has 1 aromatic rings. The second-order valence-corrected chi connectivity index (χ2v) is 5.56. The van der Waals surface area contributed by atoms with Crippen molar-refractivity contribution in [3.63, 3.8) is 0 Å². The van der Waals surface area contributed by atoms with E-state index in [1.165, 1.54) is 0 Å². The van der Waals surface area contributed by atoms with Crippen LogP contribution in [0.3, 0.4) is 0 Å². The lowest BCUT2D eigenvalue weighted by molar-refractivity contribution is -0.141. The number of carboxylic acid groups (broad SMARTS) is 1. The van der Waals surface area contributed by atoms with E-state index in [-0.39, 0.29) is 17.8 Å². The quantitative estimate of drug-likeness (QED) is 0.892. The standard InChI is InChI=1S/C12H16F3N3O2/c1-11(2,3)6-7(9(19)20)17-10-16-5-4-8(18-10)12(13,14)15/h4-5,7H,6H2,1-3H3,(H,19,20)(H,16,17,18). The van der Waals surface area contributed by atoms with Crippen molar-refractivity contribution in [1.82, 2.24) is 9.97 Å². The SMILES string of the molecule is CC(C)(C)CC(Nc1nccc(C(F)(F)F)n1)C(=O)O. The summed E-state index contributed by atoms with van der Waals surface area (Å²) < 4.78 is 37.5. The van der Waals surface area contributed by atoms with Gasteiger partial charge in [0.15, 0.2) is 0 Å². The molecule has 0 radical (unpaired) electrons. The van der Waals surface area contributed by atoms with Gasteiger partial charge in [0.2, 0.25) is 5.95 Å². The first-order valence-corrected chi connectivity index (χ1v) is 5.88. The molecular formula is C12H16F3N3O2. The van der Waals surface area contributed by atoms with Gasteiger partial charge < -0.3 is 10.4 Å². The Hall–Kier alpha value is -1.86. The molecular weight excluding hydrogens is 275 g/mol. The second-order valence-electron chi connectivity index (χ2n) is 5.56. The van der Waals surface area contributed by atoms with E-state index in [1.54, 1.807) is 0 Å². The van der Waals surface area contributed by atoms with Crippen LogP contribution in [0.1, 0.15) is 32.9 Å². The van der Waals surface area contributed by atoms with Gasteiger partial charge in [0.25, 0.3) is 0 Å². The van der Waals surface area contributed by atoms with Gasteiger partial charge in [-0.3, -0.25) is 0 Å². The predicted molar refractivity (Wildman–Crippen MR) is 66.2 cm³/mol. The van der Waals surface area contributed by atoms with E-state index in [2.05, 4.69) is 15.3 Å². The Balaban J connectivity index is 2.92. The fraction of sp³-hybridized carbons (Fsp3) is 0.583. The maximum Gasteiger partial charge on any atom is 0.433 e. The summed E-state index contributed by atoms with van der Waals surface area (Å²) in [6, 6.07) is -0.330. The summed E-state index contributed by atoms with van der Waals surface area (Å²) in [5, 5.41) is 11.5. The second kappa shape index (κ2) is 5.64. The van der Waals surface area contributed by atoms with Crippen LogP contribution in [0.2, 0.25) is 0 Å². The minimum Gasteiger partial charge on any atom is -0.480 e. The van der Waals surface area contributed by atoms with Gasteiger partial charge in [0, 0.05) is 6.20 Å². The van der Waals surface area contributed by atoms with Crippen molar-refractivity contribution in [2.24, 2.45) is 5.41 Å². The molecule has 0 spiro atoms. The van der Waals surface area contributed by atoms with Crippen LogP contribution in [-0.4, -0.2) is 27.1 Å². The molecule has 0 aromatic carbocycles. The molecule has 0 amide bonds. The van der Waals surface area contributed by atoms with Crippen molar-refractivity contribution in [2.75, 3.05) is 5.32 Å². The summed E-state index contributed by atoms with van der Waals surface area (Å²) in [4.78, 5) is 18.0. The van der Waals surface area contributed by atoms with Gasteiger partial charge in [-0.25, -0.2) is 14.8 Å². The molecule has 20 heavy (non-hydrogen) atoms. The average Bonchev–Trinajstić information content (AvgIpc) is 2.25. The van der Waals surface area contributed by atoms with Crippen LogP contribution in [0.15, 0.2) is 12.3 Å². The minimum absolute atomic E-state index is 0.224. The van der Waals surface area contributed by atoms with Gasteiger partial charge in [0.05, 0.1) is 0 Å². The Morgan fingerprint density at radius 2 is 2.00 bits per heavy atom. The van der Waals surface area contributed by atoms with Gasteiger partial charge in [-0.05, 0) is 17.9 Å². The third kappa shape index (κ3) is 5.02. The van der Waals surface area contributed by atoms with Crippen molar-refractivity contribution < 1.29 is 23.1 Å².